The van der Waals surface area contributed by atoms with Crippen molar-refractivity contribution in [3.05, 3.63) is 47.0 Å². The third-order valence-electron chi connectivity index (χ3n) is 5.77. The van der Waals surface area contributed by atoms with Crippen LogP contribution in [0.25, 0.3) is 0 Å². The summed E-state index contributed by atoms with van der Waals surface area (Å²) in [6.45, 7) is 8.46. The van der Waals surface area contributed by atoms with E-state index >= 15 is 0 Å². The maximum atomic E-state index is 13.0. The molecule has 12 nitrogen and oxygen atoms in total. The first-order valence-corrected chi connectivity index (χ1v) is 17.5. The second-order valence-electron chi connectivity index (χ2n) is 10.1. The molecule has 0 saturated carbocycles. The average molecular weight is 610 g/mol. The van der Waals surface area contributed by atoms with Crippen molar-refractivity contribution in [2.24, 2.45) is 5.16 Å². The normalized spacial score (nSPS) is 18.0. The maximum absolute atomic E-state index is 13.0. The van der Waals surface area contributed by atoms with Crippen molar-refractivity contribution in [3.63, 3.8) is 0 Å². The van der Waals surface area contributed by atoms with Crippen molar-refractivity contribution in [3.8, 4) is 0 Å². The standard InChI is InChI=1S/C25H32ClN5O7SSi/c1-15-19(29-22(33)20(30-36-2)17-14-39-25(27-17)28-18(32)13-26)23(34)31(15)38-21(16-9-7-6-8-10-16)24(35)37-11-12-40(3,4)5/h6-10,14-15,19,21H,11-13H2,1-5H3,(H,29,33)(H,27,28,32)/b30-20-/t15-,19-,21?/m0/s1. The van der Waals surface area contributed by atoms with E-state index in [1.807, 2.05) is 0 Å². The first kappa shape index (κ1) is 31.2. The number of oxime groups is 1. The quantitative estimate of drug-likeness (QED) is 0.0879. The molecule has 1 aliphatic rings. The lowest BCUT2D eigenvalue weighted by molar-refractivity contribution is -0.255. The van der Waals surface area contributed by atoms with Crippen LogP contribution in [-0.2, 0) is 33.6 Å². The molecule has 2 aromatic rings. The molecule has 3 amide bonds. The molecule has 3 rings (SSSR count). The van der Waals surface area contributed by atoms with Gasteiger partial charge < -0.3 is 20.2 Å². The van der Waals surface area contributed by atoms with Crippen LogP contribution in [0.4, 0.5) is 5.13 Å². The molecule has 1 unspecified atom stereocenters. The number of ether oxygens (including phenoxy) is 1. The van der Waals surface area contributed by atoms with Crippen LogP contribution in [0.1, 0.15) is 24.3 Å². The molecule has 40 heavy (non-hydrogen) atoms. The van der Waals surface area contributed by atoms with Crippen LogP contribution >= 0.6 is 22.9 Å². The number of aromatic nitrogens is 1. The molecule has 1 aromatic carbocycles. The van der Waals surface area contributed by atoms with E-state index in [0.717, 1.165) is 22.4 Å². The van der Waals surface area contributed by atoms with E-state index < -0.39 is 50.0 Å². The molecular weight excluding hydrogens is 578 g/mol. The van der Waals surface area contributed by atoms with Crippen LogP contribution in [0.2, 0.25) is 25.7 Å². The van der Waals surface area contributed by atoms with E-state index in [1.54, 1.807) is 37.3 Å². The summed E-state index contributed by atoms with van der Waals surface area (Å²) >= 11 is 6.56. The minimum absolute atomic E-state index is 0.131. The third-order valence-corrected chi connectivity index (χ3v) is 8.47. The fourth-order valence-corrected chi connectivity index (χ4v) is 5.03. The van der Waals surface area contributed by atoms with Gasteiger partial charge in [-0.05, 0) is 18.5 Å². The molecule has 2 heterocycles. The van der Waals surface area contributed by atoms with Crippen LogP contribution in [0, 0.1) is 0 Å². The van der Waals surface area contributed by atoms with Gasteiger partial charge in [0.2, 0.25) is 12.0 Å². The summed E-state index contributed by atoms with van der Waals surface area (Å²) in [7, 11) is -0.171. The number of hydrogen-bond donors (Lipinski definition) is 2. The highest BCUT2D eigenvalue weighted by molar-refractivity contribution is 7.14. The predicted molar refractivity (Wildman–Crippen MR) is 153 cm³/mol. The van der Waals surface area contributed by atoms with Crippen molar-refractivity contribution < 1.29 is 33.6 Å². The van der Waals surface area contributed by atoms with Crippen molar-refractivity contribution >= 4 is 65.5 Å². The van der Waals surface area contributed by atoms with Crippen LogP contribution in [0.5, 0.6) is 0 Å². The van der Waals surface area contributed by atoms with Gasteiger partial charge in [0.1, 0.15) is 24.7 Å². The number of rotatable bonds is 13. The second kappa shape index (κ2) is 13.8. The molecule has 1 aliphatic heterocycles. The topological polar surface area (TPSA) is 149 Å². The second-order valence-corrected chi connectivity index (χ2v) is 16.8. The highest BCUT2D eigenvalue weighted by atomic mass is 35.5. The summed E-state index contributed by atoms with van der Waals surface area (Å²) in [5.41, 5.74) is 0.465. The minimum Gasteiger partial charge on any atom is -0.464 e. The Bertz CT molecular complexity index is 1250. The van der Waals surface area contributed by atoms with Gasteiger partial charge in [0.15, 0.2) is 10.8 Å². The molecule has 0 bridgehead atoms. The number of thiazole rings is 1. The Morgan fingerprint density at radius 2 is 1.93 bits per heavy atom. The number of nitrogens with one attached hydrogen (secondary N) is 2. The molecule has 1 saturated heterocycles. The van der Waals surface area contributed by atoms with Gasteiger partial charge in [0.25, 0.3) is 11.8 Å². The Morgan fingerprint density at radius 1 is 1.23 bits per heavy atom. The van der Waals surface area contributed by atoms with Crippen molar-refractivity contribution in [2.75, 3.05) is 24.9 Å². The van der Waals surface area contributed by atoms with Crippen LogP contribution in [0.15, 0.2) is 40.9 Å². The highest BCUT2D eigenvalue weighted by Gasteiger charge is 2.49. The van der Waals surface area contributed by atoms with E-state index in [9.17, 15) is 19.2 Å². The van der Waals surface area contributed by atoms with Gasteiger partial charge in [-0.1, -0.05) is 55.1 Å². The molecule has 3 atom stereocenters. The van der Waals surface area contributed by atoms with E-state index in [0.29, 0.717) is 5.56 Å². The number of esters is 1. The first-order valence-electron chi connectivity index (χ1n) is 12.4. The summed E-state index contributed by atoms with van der Waals surface area (Å²) < 4.78 is 5.50. The van der Waals surface area contributed by atoms with Gasteiger partial charge >= 0.3 is 5.97 Å². The van der Waals surface area contributed by atoms with Crippen molar-refractivity contribution in [2.45, 2.75) is 50.8 Å². The number of hydroxylamine groups is 2. The molecular formula is C25H32ClN5O7SSi. The largest absolute Gasteiger partial charge is 0.464 e. The number of anilines is 1. The average Bonchev–Trinajstić information content (AvgIpc) is 3.37. The number of carbonyl (C=O) groups is 4. The molecule has 1 fully saturated rings. The number of alkyl halides is 1. The first-order chi connectivity index (χ1) is 18.9. The van der Waals surface area contributed by atoms with Gasteiger partial charge in [0, 0.05) is 13.5 Å². The number of hydrogen-bond acceptors (Lipinski definition) is 10. The lowest BCUT2D eigenvalue weighted by atomic mass is 9.99. The number of benzene rings is 1. The Balaban J connectivity index is 1.68. The summed E-state index contributed by atoms with van der Waals surface area (Å²) in [5.74, 6) is -2.60. The van der Waals surface area contributed by atoms with Crippen LogP contribution < -0.4 is 10.6 Å². The van der Waals surface area contributed by atoms with Crippen LogP contribution in [-0.4, -0.2) is 79.2 Å². The van der Waals surface area contributed by atoms with E-state index in [-0.39, 0.29) is 29.0 Å². The lowest BCUT2D eigenvalue weighted by Gasteiger charge is -2.44. The zero-order valence-corrected chi connectivity index (χ0v) is 25.4. The van der Waals surface area contributed by atoms with Gasteiger partial charge in [-0.25, -0.2) is 14.8 Å². The molecule has 2 N–H and O–H groups in total. The Labute approximate surface area is 242 Å². The zero-order valence-electron chi connectivity index (χ0n) is 22.8. The zero-order chi connectivity index (χ0) is 29.4. The molecule has 15 heteroatoms. The van der Waals surface area contributed by atoms with Gasteiger partial charge in [-0.3, -0.25) is 19.2 Å². The molecule has 0 radical (unpaired) electrons. The van der Waals surface area contributed by atoms with Gasteiger partial charge in [-0.15, -0.1) is 22.9 Å². The number of carbonyl (C=O) groups excluding carboxylic acids is 4. The summed E-state index contributed by atoms with van der Waals surface area (Å²) in [5, 5.41) is 11.6. The number of nitrogens with zero attached hydrogens (tertiary/aromatic N) is 3. The molecule has 0 spiro atoms. The monoisotopic (exact) mass is 609 g/mol. The summed E-state index contributed by atoms with van der Waals surface area (Å²) in [6, 6.07) is 7.96. The third kappa shape index (κ3) is 8.10. The number of amides is 3. The minimum atomic E-state index is -1.43. The van der Waals surface area contributed by atoms with Gasteiger partial charge in [0.05, 0.1) is 12.6 Å². The van der Waals surface area contributed by atoms with Crippen LogP contribution in [0.3, 0.4) is 0 Å². The van der Waals surface area contributed by atoms with E-state index in [1.165, 1.54) is 12.5 Å². The smallest absolute Gasteiger partial charge is 0.342 e. The Hall–Kier alpha value is -3.33. The van der Waals surface area contributed by atoms with Gasteiger partial charge in [-0.2, -0.15) is 0 Å². The fourth-order valence-electron chi connectivity index (χ4n) is 3.54. The lowest BCUT2D eigenvalue weighted by Crippen LogP contribution is -2.70. The van der Waals surface area contributed by atoms with Crippen molar-refractivity contribution in [1.29, 1.82) is 0 Å². The van der Waals surface area contributed by atoms with E-state index in [4.69, 9.17) is 26.0 Å². The number of halogens is 1. The fraction of sp³-hybridized carbons (Fsp3) is 0.440. The van der Waals surface area contributed by atoms with Crippen molar-refractivity contribution in [1.82, 2.24) is 15.4 Å². The molecule has 0 aliphatic carbocycles. The highest BCUT2D eigenvalue weighted by Crippen LogP contribution is 2.28. The SMILES string of the molecule is CO/N=C(\C(=O)N[C@@H]1C(=O)N(OC(C(=O)OCC[Si](C)(C)C)c2ccccc2)[C@H]1C)c1csc(NC(=O)CCl)n1. The Morgan fingerprint density at radius 3 is 2.52 bits per heavy atom. The molecule has 1 aromatic heterocycles. The predicted octanol–water partition coefficient (Wildman–Crippen LogP) is 2.94. The Kier molecular flexibility index (Phi) is 10.8. The van der Waals surface area contributed by atoms with E-state index in [2.05, 4.69) is 40.4 Å². The summed E-state index contributed by atoms with van der Waals surface area (Å²) in [6.07, 6.45) is -1.16. The molecule has 216 valence electrons. The maximum Gasteiger partial charge on any atom is 0.342 e. The number of β-lactam (4-membered cyclic amide) rings is 1. The summed E-state index contributed by atoms with van der Waals surface area (Å²) in [4.78, 5) is 65.3.